The van der Waals surface area contributed by atoms with E-state index in [1.54, 1.807) is 24.3 Å². The van der Waals surface area contributed by atoms with Gasteiger partial charge < -0.3 is 0 Å². The summed E-state index contributed by atoms with van der Waals surface area (Å²) >= 11 is 0. The summed E-state index contributed by atoms with van der Waals surface area (Å²) < 4.78 is 13.1. The summed E-state index contributed by atoms with van der Waals surface area (Å²) in [4.78, 5) is 11.4. The Hall–Kier alpha value is -1.18. The number of benzene rings is 1. The number of carbonyl (C=O) groups excluding carboxylic acids is 1. The lowest BCUT2D eigenvalue weighted by atomic mass is 9.99. The van der Waals surface area contributed by atoms with Crippen LogP contribution in [0.15, 0.2) is 30.3 Å². The van der Waals surface area contributed by atoms with Crippen molar-refractivity contribution >= 4 is 5.78 Å². The predicted molar refractivity (Wildman–Crippen MR) is 50.6 cm³/mol. The molecule has 0 unspecified atom stereocenters. The molecule has 0 fully saturated rings. The van der Waals surface area contributed by atoms with Gasteiger partial charge in [-0.2, -0.15) is 0 Å². The maximum Gasteiger partial charge on any atom is 0.166 e. The topological polar surface area (TPSA) is 17.1 Å². The smallest absolute Gasteiger partial charge is 0.166 e. The van der Waals surface area contributed by atoms with Crippen LogP contribution in [0.2, 0.25) is 0 Å². The highest BCUT2D eigenvalue weighted by Gasteiger charge is 2.20. The Kier molecular flexibility index (Phi) is 2.81. The van der Waals surface area contributed by atoms with Crippen LogP contribution in [-0.2, 0) is 0 Å². The van der Waals surface area contributed by atoms with E-state index < -0.39 is 5.67 Å². The summed E-state index contributed by atoms with van der Waals surface area (Å²) in [6, 6.07) is 8.79. The number of halogens is 1. The maximum absolute atomic E-state index is 13.1. The quantitative estimate of drug-likeness (QED) is 0.653. The van der Waals surface area contributed by atoms with Gasteiger partial charge >= 0.3 is 0 Å². The first-order valence-corrected chi connectivity index (χ1v) is 4.26. The second kappa shape index (κ2) is 3.69. The number of alkyl halides is 1. The van der Waals surface area contributed by atoms with Crippen molar-refractivity contribution < 1.29 is 9.18 Å². The Morgan fingerprint density at radius 1 is 1.31 bits per heavy atom. The van der Waals surface area contributed by atoms with Gasteiger partial charge in [0.1, 0.15) is 5.67 Å². The van der Waals surface area contributed by atoms with E-state index in [2.05, 4.69) is 0 Å². The van der Waals surface area contributed by atoms with Crippen LogP contribution in [0.4, 0.5) is 4.39 Å². The first kappa shape index (κ1) is 9.90. The van der Waals surface area contributed by atoms with Crippen LogP contribution in [0.25, 0.3) is 0 Å². The summed E-state index contributed by atoms with van der Waals surface area (Å²) in [7, 11) is 0. The number of hydrogen-bond donors (Lipinski definition) is 0. The van der Waals surface area contributed by atoms with Crippen molar-refractivity contribution in [3.8, 4) is 0 Å². The Bertz CT molecular complexity index is 285. The van der Waals surface area contributed by atoms with Crippen molar-refractivity contribution in [2.75, 3.05) is 0 Å². The van der Waals surface area contributed by atoms with Crippen molar-refractivity contribution in [3.63, 3.8) is 0 Å². The van der Waals surface area contributed by atoms with E-state index in [1.165, 1.54) is 13.8 Å². The molecule has 0 amide bonds. The van der Waals surface area contributed by atoms with Crippen LogP contribution in [0.3, 0.4) is 0 Å². The molecule has 0 spiro atoms. The van der Waals surface area contributed by atoms with Crippen molar-refractivity contribution in [1.82, 2.24) is 0 Å². The maximum atomic E-state index is 13.1. The molecule has 0 aromatic heterocycles. The van der Waals surface area contributed by atoms with E-state index in [9.17, 15) is 9.18 Å². The highest BCUT2D eigenvalue weighted by molar-refractivity contribution is 5.96. The Labute approximate surface area is 77.6 Å². The summed E-state index contributed by atoms with van der Waals surface area (Å²) in [5, 5.41) is 0. The number of Topliss-reactive ketones (excluding diaryl/α,β-unsaturated/α-hetero) is 1. The van der Waals surface area contributed by atoms with Crippen LogP contribution in [0, 0.1) is 0 Å². The number of hydrogen-bond acceptors (Lipinski definition) is 1. The second-order valence-electron chi connectivity index (χ2n) is 3.68. The molecule has 0 radical (unpaired) electrons. The minimum absolute atomic E-state index is 0.0585. The van der Waals surface area contributed by atoms with Gasteiger partial charge in [-0.15, -0.1) is 0 Å². The summed E-state index contributed by atoms with van der Waals surface area (Å²) in [6.07, 6.45) is -0.0585. The van der Waals surface area contributed by atoms with Gasteiger partial charge in [0.2, 0.25) is 0 Å². The first-order valence-electron chi connectivity index (χ1n) is 4.26. The molecule has 0 N–H and O–H groups in total. The average Bonchev–Trinajstić information content (AvgIpc) is 2.03. The summed E-state index contributed by atoms with van der Waals surface area (Å²) in [6.45, 7) is 2.82. The summed E-state index contributed by atoms with van der Waals surface area (Å²) in [5.41, 5.74) is -0.847. The third-order valence-corrected chi connectivity index (χ3v) is 1.68. The highest BCUT2D eigenvalue weighted by Crippen LogP contribution is 2.17. The predicted octanol–water partition coefficient (Wildman–Crippen LogP) is 3.01. The number of ketones is 1. The van der Waals surface area contributed by atoms with Crippen LogP contribution in [0.5, 0.6) is 0 Å². The average molecular weight is 180 g/mol. The molecule has 0 bridgehead atoms. The fraction of sp³-hybridized carbons (Fsp3) is 0.364. The van der Waals surface area contributed by atoms with Gasteiger partial charge in [-0.05, 0) is 13.8 Å². The lowest BCUT2D eigenvalue weighted by Gasteiger charge is -2.12. The van der Waals surface area contributed by atoms with Gasteiger partial charge in [0.05, 0.1) is 0 Å². The SMILES string of the molecule is CC(C)(F)CC(=O)c1ccccc1. The lowest BCUT2D eigenvalue weighted by Crippen LogP contribution is -2.17. The minimum Gasteiger partial charge on any atom is -0.294 e. The zero-order valence-electron chi connectivity index (χ0n) is 7.88. The molecule has 0 heterocycles. The fourth-order valence-corrected chi connectivity index (χ4v) is 1.11. The molecule has 0 aliphatic carbocycles. The van der Waals surface area contributed by atoms with E-state index in [0.29, 0.717) is 5.56 Å². The van der Waals surface area contributed by atoms with E-state index in [-0.39, 0.29) is 12.2 Å². The van der Waals surface area contributed by atoms with E-state index >= 15 is 0 Å². The largest absolute Gasteiger partial charge is 0.294 e. The number of carbonyl (C=O) groups is 1. The van der Waals surface area contributed by atoms with Gasteiger partial charge in [-0.1, -0.05) is 30.3 Å². The molecule has 0 saturated heterocycles. The lowest BCUT2D eigenvalue weighted by molar-refractivity contribution is 0.0892. The van der Waals surface area contributed by atoms with Crippen LogP contribution < -0.4 is 0 Å². The molecule has 0 saturated carbocycles. The molecule has 0 aliphatic rings. The molecule has 0 aliphatic heterocycles. The monoisotopic (exact) mass is 180 g/mol. The molecular formula is C11H13FO. The van der Waals surface area contributed by atoms with Crippen LogP contribution >= 0.6 is 0 Å². The van der Waals surface area contributed by atoms with Gasteiger partial charge in [0, 0.05) is 12.0 Å². The fourth-order valence-electron chi connectivity index (χ4n) is 1.11. The van der Waals surface area contributed by atoms with Crippen molar-refractivity contribution in [2.24, 2.45) is 0 Å². The Morgan fingerprint density at radius 2 is 1.85 bits per heavy atom. The third kappa shape index (κ3) is 3.36. The Balaban J connectivity index is 2.71. The minimum atomic E-state index is -1.42. The normalized spacial score (nSPS) is 11.3. The highest BCUT2D eigenvalue weighted by atomic mass is 19.1. The molecule has 0 atom stereocenters. The molecule has 1 rings (SSSR count). The molecule has 70 valence electrons. The van der Waals surface area contributed by atoms with Gasteiger partial charge in [-0.3, -0.25) is 4.79 Å². The summed E-state index contributed by atoms with van der Waals surface area (Å²) in [5.74, 6) is -0.145. The van der Waals surface area contributed by atoms with Gasteiger partial charge in [0.15, 0.2) is 5.78 Å². The second-order valence-corrected chi connectivity index (χ2v) is 3.68. The van der Waals surface area contributed by atoms with Gasteiger partial charge in [-0.25, -0.2) is 4.39 Å². The van der Waals surface area contributed by atoms with Crippen molar-refractivity contribution in [3.05, 3.63) is 35.9 Å². The third-order valence-electron chi connectivity index (χ3n) is 1.68. The van der Waals surface area contributed by atoms with Crippen LogP contribution in [-0.4, -0.2) is 11.5 Å². The Morgan fingerprint density at radius 3 is 2.31 bits per heavy atom. The van der Waals surface area contributed by atoms with E-state index in [4.69, 9.17) is 0 Å². The van der Waals surface area contributed by atoms with E-state index in [1.807, 2.05) is 6.07 Å². The zero-order chi connectivity index (χ0) is 9.90. The standard InChI is InChI=1S/C11H13FO/c1-11(2,12)8-10(13)9-6-4-3-5-7-9/h3-7H,8H2,1-2H3. The molecule has 2 heteroatoms. The molecular weight excluding hydrogens is 167 g/mol. The zero-order valence-corrected chi connectivity index (χ0v) is 7.88. The molecule has 1 nitrogen and oxygen atoms in total. The molecule has 1 aromatic carbocycles. The van der Waals surface area contributed by atoms with Crippen LogP contribution in [0.1, 0.15) is 30.6 Å². The van der Waals surface area contributed by atoms with Crippen molar-refractivity contribution in [1.29, 1.82) is 0 Å². The number of rotatable bonds is 3. The molecule has 13 heavy (non-hydrogen) atoms. The van der Waals surface area contributed by atoms with Crippen molar-refractivity contribution in [2.45, 2.75) is 25.9 Å². The molecule has 1 aromatic rings. The van der Waals surface area contributed by atoms with E-state index in [0.717, 1.165) is 0 Å². The first-order chi connectivity index (χ1) is 5.99. The van der Waals surface area contributed by atoms with Gasteiger partial charge in [0.25, 0.3) is 0 Å².